The number of fused-ring (bicyclic) bond motifs is 3. The fourth-order valence-electron chi connectivity index (χ4n) is 2.84. The Kier molecular flexibility index (Phi) is 2.05. The van der Waals surface area contributed by atoms with Crippen LogP contribution in [0, 0.1) is 11.8 Å². The summed E-state index contributed by atoms with van der Waals surface area (Å²) in [6, 6.07) is 0. The van der Waals surface area contributed by atoms with Crippen LogP contribution in [0.15, 0.2) is 48.2 Å². The second-order valence-corrected chi connectivity index (χ2v) is 4.69. The lowest BCUT2D eigenvalue weighted by molar-refractivity contribution is 0.205. The topological polar surface area (TPSA) is 3.24 Å². The van der Waals surface area contributed by atoms with Gasteiger partial charge in [-0.15, -0.1) is 0 Å². The molecule has 3 heterocycles. The number of hydrogen-bond acceptors (Lipinski definition) is 1. The lowest BCUT2D eigenvalue weighted by atomic mass is 9.81. The van der Waals surface area contributed by atoms with Crippen molar-refractivity contribution in [2.75, 3.05) is 13.1 Å². The molecule has 3 fully saturated rings. The summed E-state index contributed by atoms with van der Waals surface area (Å²) in [5, 5.41) is 0. The van der Waals surface area contributed by atoms with Crippen LogP contribution in [0.4, 0.5) is 0 Å². The van der Waals surface area contributed by atoms with Crippen LogP contribution >= 0.6 is 0 Å². The molecule has 0 aromatic rings. The van der Waals surface area contributed by atoms with E-state index >= 15 is 0 Å². The Morgan fingerprint density at radius 1 is 1.20 bits per heavy atom. The predicted octanol–water partition coefficient (Wildman–Crippen LogP) is 2.89. The zero-order valence-corrected chi connectivity index (χ0v) is 9.02. The highest BCUT2D eigenvalue weighted by Gasteiger charge is 2.31. The van der Waals surface area contributed by atoms with Gasteiger partial charge >= 0.3 is 0 Å². The lowest BCUT2D eigenvalue weighted by Gasteiger charge is -2.44. The molecule has 1 heteroatoms. The van der Waals surface area contributed by atoms with Crippen molar-refractivity contribution < 1.29 is 0 Å². The average molecular weight is 199 g/mol. The summed E-state index contributed by atoms with van der Waals surface area (Å²) in [5.41, 5.74) is 2.79. The molecular formula is C14H17N. The standard InChI is InChI=1S/C14H17N/c1-11-13-6-8-15(9-7-13)14(11)10-12-4-2-3-5-12/h2-5,10,12-13H,1,6-9H2/b14-10-. The van der Waals surface area contributed by atoms with Gasteiger partial charge in [0.15, 0.2) is 0 Å². The summed E-state index contributed by atoms with van der Waals surface area (Å²) in [4.78, 5) is 2.50. The molecule has 0 radical (unpaired) electrons. The van der Waals surface area contributed by atoms with Crippen molar-refractivity contribution in [3.63, 3.8) is 0 Å². The highest BCUT2D eigenvalue weighted by molar-refractivity contribution is 5.37. The Balaban J connectivity index is 1.88. The number of allylic oxidation sites excluding steroid dienone is 6. The zero-order valence-electron chi connectivity index (χ0n) is 9.02. The molecule has 2 bridgehead atoms. The van der Waals surface area contributed by atoms with Crippen LogP contribution in [0.3, 0.4) is 0 Å². The number of rotatable bonds is 1. The third kappa shape index (κ3) is 1.46. The lowest BCUT2D eigenvalue weighted by Crippen LogP contribution is -2.41. The van der Waals surface area contributed by atoms with Gasteiger partial charge in [-0.25, -0.2) is 0 Å². The predicted molar refractivity (Wildman–Crippen MR) is 63.3 cm³/mol. The van der Waals surface area contributed by atoms with Gasteiger partial charge in [-0.05, 0) is 24.3 Å². The summed E-state index contributed by atoms with van der Waals surface area (Å²) in [6.07, 6.45) is 13.7. The fourth-order valence-corrected chi connectivity index (χ4v) is 2.84. The summed E-state index contributed by atoms with van der Waals surface area (Å²) in [5.74, 6) is 1.26. The highest BCUT2D eigenvalue weighted by atomic mass is 15.2. The van der Waals surface area contributed by atoms with Crippen molar-refractivity contribution in [1.29, 1.82) is 0 Å². The first-order valence-corrected chi connectivity index (χ1v) is 5.85. The minimum atomic E-state index is 0.496. The molecule has 0 aromatic heterocycles. The quantitative estimate of drug-likeness (QED) is 0.627. The van der Waals surface area contributed by atoms with E-state index in [4.69, 9.17) is 0 Å². The van der Waals surface area contributed by atoms with E-state index in [0.717, 1.165) is 5.92 Å². The number of piperidine rings is 3. The third-order valence-corrected chi connectivity index (χ3v) is 3.79. The maximum atomic E-state index is 4.26. The third-order valence-electron chi connectivity index (χ3n) is 3.79. The molecule has 0 unspecified atom stereocenters. The maximum absolute atomic E-state index is 4.26. The molecule has 3 aliphatic heterocycles. The summed E-state index contributed by atoms with van der Waals surface area (Å²) < 4.78 is 0. The zero-order chi connectivity index (χ0) is 10.3. The molecule has 4 aliphatic rings. The molecule has 0 saturated carbocycles. The van der Waals surface area contributed by atoms with Gasteiger partial charge in [-0.3, -0.25) is 0 Å². The Morgan fingerprint density at radius 2 is 1.87 bits per heavy atom. The first kappa shape index (κ1) is 9.02. The summed E-state index contributed by atoms with van der Waals surface area (Å²) >= 11 is 0. The first-order valence-electron chi connectivity index (χ1n) is 5.85. The van der Waals surface area contributed by atoms with Crippen LogP contribution in [0.1, 0.15) is 12.8 Å². The van der Waals surface area contributed by atoms with E-state index in [2.05, 4.69) is 41.9 Å². The first-order chi connectivity index (χ1) is 7.34. The van der Waals surface area contributed by atoms with Gasteiger partial charge in [0.1, 0.15) is 0 Å². The van der Waals surface area contributed by atoms with Crippen molar-refractivity contribution in [1.82, 2.24) is 4.90 Å². The van der Waals surface area contributed by atoms with E-state index in [-0.39, 0.29) is 0 Å². The van der Waals surface area contributed by atoms with E-state index in [1.54, 1.807) is 0 Å². The van der Waals surface area contributed by atoms with Gasteiger partial charge < -0.3 is 4.90 Å². The van der Waals surface area contributed by atoms with Crippen molar-refractivity contribution in [2.24, 2.45) is 11.8 Å². The molecular weight excluding hydrogens is 182 g/mol. The van der Waals surface area contributed by atoms with Crippen LogP contribution in [0.25, 0.3) is 0 Å². The van der Waals surface area contributed by atoms with Crippen LogP contribution < -0.4 is 0 Å². The van der Waals surface area contributed by atoms with Crippen molar-refractivity contribution in [3.05, 3.63) is 48.2 Å². The highest BCUT2D eigenvalue weighted by Crippen LogP contribution is 2.38. The van der Waals surface area contributed by atoms with E-state index < -0.39 is 0 Å². The minimum Gasteiger partial charge on any atom is -0.372 e. The van der Waals surface area contributed by atoms with Gasteiger partial charge in [0.2, 0.25) is 0 Å². The van der Waals surface area contributed by atoms with Gasteiger partial charge in [0.25, 0.3) is 0 Å². The minimum absolute atomic E-state index is 0.496. The largest absolute Gasteiger partial charge is 0.372 e. The maximum Gasteiger partial charge on any atom is 0.0364 e. The van der Waals surface area contributed by atoms with Gasteiger partial charge in [-0.1, -0.05) is 37.0 Å². The van der Waals surface area contributed by atoms with Crippen molar-refractivity contribution in [3.8, 4) is 0 Å². The van der Waals surface area contributed by atoms with Gasteiger partial charge in [0.05, 0.1) is 0 Å². The Hall–Kier alpha value is -1.24. The second kappa shape index (κ2) is 3.41. The smallest absolute Gasteiger partial charge is 0.0364 e. The molecule has 1 aliphatic carbocycles. The summed E-state index contributed by atoms with van der Waals surface area (Å²) in [7, 11) is 0. The molecule has 0 N–H and O–H groups in total. The number of hydrogen-bond donors (Lipinski definition) is 0. The van der Waals surface area contributed by atoms with E-state index in [1.807, 2.05) is 0 Å². The van der Waals surface area contributed by atoms with Gasteiger partial charge in [-0.2, -0.15) is 0 Å². The molecule has 4 rings (SSSR count). The molecule has 3 saturated heterocycles. The van der Waals surface area contributed by atoms with Crippen LogP contribution in [0.5, 0.6) is 0 Å². The van der Waals surface area contributed by atoms with Gasteiger partial charge in [0, 0.05) is 24.7 Å². The normalized spacial score (nSPS) is 28.7. The molecule has 1 nitrogen and oxygen atoms in total. The molecule has 78 valence electrons. The molecule has 0 spiro atoms. The fraction of sp³-hybridized carbons (Fsp3) is 0.429. The van der Waals surface area contributed by atoms with Crippen LogP contribution in [-0.2, 0) is 0 Å². The monoisotopic (exact) mass is 199 g/mol. The molecule has 0 atom stereocenters. The molecule has 0 aromatic carbocycles. The molecule has 0 amide bonds. The number of nitrogens with zero attached hydrogens (tertiary/aromatic N) is 1. The Morgan fingerprint density at radius 3 is 2.47 bits per heavy atom. The van der Waals surface area contributed by atoms with Crippen molar-refractivity contribution in [2.45, 2.75) is 12.8 Å². The average Bonchev–Trinajstić information content (AvgIpc) is 2.77. The SMILES string of the molecule is C=C1/C(=C/C2C=CC=C2)N2CCC1CC2. The van der Waals surface area contributed by atoms with E-state index in [9.17, 15) is 0 Å². The van der Waals surface area contributed by atoms with E-state index in [1.165, 1.54) is 37.2 Å². The van der Waals surface area contributed by atoms with Crippen molar-refractivity contribution >= 4 is 0 Å². The molecule has 15 heavy (non-hydrogen) atoms. The Labute approximate surface area is 91.5 Å². The van der Waals surface area contributed by atoms with E-state index in [0.29, 0.717) is 5.92 Å². The summed E-state index contributed by atoms with van der Waals surface area (Å²) in [6.45, 7) is 6.73. The Bertz CT molecular complexity index is 353. The second-order valence-electron chi connectivity index (χ2n) is 4.69. The van der Waals surface area contributed by atoms with Crippen LogP contribution in [0.2, 0.25) is 0 Å². The van der Waals surface area contributed by atoms with Crippen LogP contribution in [-0.4, -0.2) is 18.0 Å².